The quantitative estimate of drug-likeness (QED) is 0.870. The minimum Gasteiger partial charge on any atom is -0.453 e. The third-order valence-electron chi connectivity index (χ3n) is 4.18. The van der Waals surface area contributed by atoms with E-state index in [1.807, 2.05) is 18.2 Å². The predicted molar refractivity (Wildman–Crippen MR) is 93.5 cm³/mol. The summed E-state index contributed by atoms with van der Waals surface area (Å²) in [5, 5.41) is 3.70. The van der Waals surface area contributed by atoms with Gasteiger partial charge in [0.1, 0.15) is 12.4 Å². The van der Waals surface area contributed by atoms with Crippen molar-refractivity contribution in [3.05, 3.63) is 52.9 Å². The number of amides is 1. The number of nitrogens with zero attached hydrogens (tertiary/aromatic N) is 1. The number of nitrogens with one attached hydrogen (secondary N) is 1. The van der Waals surface area contributed by atoms with E-state index >= 15 is 0 Å². The van der Waals surface area contributed by atoms with E-state index < -0.39 is 0 Å². The molecule has 3 rings (SSSR count). The van der Waals surface area contributed by atoms with Gasteiger partial charge in [0, 0.05) is 37.5 Å². The number of anilines is 1. The van der Waals surface area contributed by atoms with Gasteiger partial charge in [-0.15, -0.1) is 0 Å². The Morgan fingerprint density at radius 1 is 1.42 bits per heavy atom. The van der Waals surface area contributed by atoms with E-state index in [1.165, 1.54) is 0 Å². The number of hydrogen-bond donors (Lipinski definition) is 1. The minimum atomic E-state index is -0.182. The van der Waals surface area contributed by atoms with Crippen molar-refractivity contribution < 1.29 is 13.9 Å². The van der Waals surface area contributed by atoms with Gasteiger partial charge in [0.05, 0.1) is 0 Å². The molecule has 0 spiro atoms. The van der Waals surface area contributed by atoms with Crippen molar-refractivity contribution in [2.45, 2.75) is 13.0 Å². The van der Waals surface area contributed by atoms with Crippen LogP contribution in [0, 0.1) is 5.92 Å². The van der Waals surface area contributed by atoms with Crippen molar-refractivity contribution in [3.63, 3.8) is 0 Å². The summed E-state index contributed by atoms with van der Waals surface area (Å²) < 4.78 is 10.4. The summed E-state index contributed by atoms with van der Waals surface area (Å²) in [6.45, 7) is 2.88. The molecule has 1 amide bonds. The van der Waals surface area contributed by atoms with Crippen molar-refractivity contribution in [2.24, 2.45) is 5.92 Å². The van der Waals surface area contributed by atoms with E-state index in [9.17, 15) is 4.79 Å². The molecule has 0 saturated carbocycles. The lowest BCUT2D eigenvalue weighted by Crippen LogP contribution is -2.30. The molecule has 0 aliphatic carbocycles. The fourth-order valence-corrected chi connectivity index (χ4v) is 3.14. The van der Waals surface area contributed by atoms with Crippen molar-refractivity contribution in [1.29, 1.82) is 0 Å². The van der Waals surface area contributed by atoms with Gasteiger partial charge in [-0.1, -0.05) is 17.7 Å². The summed E-state index contributed by atoms with van der Waals surface area (Å²) in [5.41, 5.74) is 1.13. The van der Waals surface area contributed by atoms with Crippen LogP contribution in [0.2, 0.25) is 5.02 Å². The molecule has 5 nitrogen and oxygen atoms in total. The molecule has 6 heteroatoms. The maximum Gasteiger partial charge on any atom is 0.287 e. The number of furan rings is 1. The average Bonchev–Trinajstić information content (AvgIpc) is 3.22. The topological polar surface area (TPSA) is 54.7 Å². The molecule has 1 fully saturated rings. The molecule has 2 heterocycles. The number of ether oxygens (including phenoxy) is 1. The number of benzene rings is 1. The predicted octanol–water partition coefficient (Wildman–Crippen LogP) is 3.34. The second-order valence-electron chi connectivity index (χ2n) is 5.99. The standard InChI is InChI=1S/C18H21ClN2O3/c1-23-12-16-5-6-17(24-16)18(22)20-10-13-7-8-21(11-13)15-4-2-3-14(19)9-15/h2-6,9,13H,7-8,10-12H2,1H3,(H,20,22). The molecule has 0 radical (unpaired) electrons. The molecule has 1 aromatic heterocycles. The van der Waals surface area contributed by atoms with Crippen molar-refractivity contribution >= 4 is 23.2 Å². The molecule has 1 aliphatic rings. The van der Waals surface area contributed by atoms with Gasteiger partial charge in [-0.2, -0.15) is 0 Å². The summed E-state index contributed by atoms with van der Waals surface area (Å²) in [6, 6.07) is 11.3. The first kappa shape index (κ1) is 16.9. The Morgan fingerprint density at radius 3 is 3.08 bits per heavy atom. The zero-order valence-corrected chi connectivity index (χ0v) is 14.4. The monoisotopic (exact) mass is 348 g/mol. The van der Waals surface area contributed by atoms with Crippen LogP contribution < -0.4 is 10.2 Å². The van der Waals surface area contributed by atoms with Crippen LogP contribution in [0.5, 0.6) is 0 Å². The molecule has 128 valence electrons. The zero-order chi connectivity index (χ0) is 16.9. The third kappa shape index (κ3) is 4.10. The number of hydrogen-bond acceptors (Lipinski definition) is 4. The number of carbonyl (C=O) groups is 1. The highest BCUT2D eigenvalue weighted by atomic mass is 35.5. The fraction of sp³-hybridized carbons (Fsp3) is 0.389. The van der Waals surface area contributed by atoms with Gasteiger partial charge < -0.3 is 19.4 Å². The highest BCUT2D eigenvalue weighted by Gasteiger charge is 2.23. The van der Waals surface area contributed by atoms with Crippen LogP contribution in [0.3, 0.4) is 0 Å². The highest BCUT2D eigenvalue weighted by molar-refractivity contribution is 6.30. The Kier molecular flexibility index (Phi) is 5.43. The van der Waals surface area contributed by atoms with Crippen LogP contribution in [-0.4, -0.2) is 32.7 Å². The molecule has 1 aliphatic heterocycles. The third-order valence-corrected chi connectivity index (χ3v) is 4.42. The van der Waals surface area contributed by atoms with Gasteiger partial charge in [-0.3, -0.25) is 4.79 Å². The largest absolute Gasteiger partial charge is 0.453 e. The molecular formula is C18H21ClN2O3. The summed E-state index contributed by atoms with van der Waals surface area (Å²) in [5.74, 6) is 1.21. The van der Waals surface area contributed by atoms with Crippen LogP contribution in [0.4, 0.5) is 5.69 Å². The summed E-state index contributed by atoms with van der Waals surface area (Å²) >= 11 is 6.05. The van der Waals surface area contributed by atoms with E-state index in [-0.39, 0.29) is 5.91 Å². The summed E-state index contributed by atoms with van der Waals surface area (Å²) in [6.07, 6.45) is 1.04. The van der Waals surface area contributed by atoms with Gasteiger partial charge in [0.2, 0.25) is 0 Å². The SMILES string of the molecule is COCc1ccc(C(=O)NCC2CCN(c3cccc(Cl)c3)C2)o1. The van der Waals surface area contributed by atoms with Crippen molar-refractivity contribution in [3.8, 4) is 0 Å². The van der Waals surface area contributed by atoms with E-state index in [1.54, 1.807) is 19.2 Å². The van der Waals surface area contributed by atoms with E-state index in [4.69, 9.17) is 20.8 Å². The first-order chi connectivity index (χ1) is 11.7. The molecule has 1 unspecified atom stereocenters. The first-order valence-electron chi connectivity index (χ1n) is 8.02. The number of methoxy groups -OCH3 is 1. The number of carbonyl (C=O) groups excluding carboxylic acids is 1. The summed E-state index contributed by atoms with van der Waals surface area (Å²) in [7, 11) is 1.59. The van der Waals surface area contributed by atoms with Gasteiger partial charge >= 0.3 is 0 Å². The van der Waals surface area contributed by atoms with Crippen LogP contribution in [0.1, 0.15) is 22.7 Å². The van der Waals surface area contributed by atoms with Gasteiger partial charge in [-0.05, 0) is 42.7 Å². The van der Waals surface area contributed by atoms with Crippen molar-refractivity contribution in [1.82, 2.24) is 5.32 Å². The Bertz CT molecular complexity index is 701. The second kappa shape index (κ2) is 7.73. The molecule has 24 heavy (non-hydrogen) atoms. The maximum absolute atomic E-state index is 12.1. The average molecular weight is 349 g/mol. The van der Waals surface area contributed by atoms with Crippen LogP contribution in [0.15, 0.2) is 40.8 Å². The van der Waals surface area contributed by atoms with E-state index in [0.717, 1.165) is 30.2 Å². The molecule has 1 N–H and O–H groups in total. The Hall–Kier alpha value is -1.98. The zero-order valence-electron chi connectivity index (χ0n) is 13.6. The molecule has 1 atom stereocenters. The van der Waals surface area contributed by atoms with Crippen molar-refractivity contribution in [2.75, 3.05) is 31.6 Å². The highest BCUT2D eigenvalue weighted by Crippen LogP contribution is 2.25. The van der Waals surface area contributed by atoms with Gasteiger partial charge in [0.25, 0.3) is 5.91 Å². The summed E-state index contributed by atoms with van der Waals surface area (Å²) in [4.78, 5) is 14.4. The second-order valence-corrected chi connectivity index (χ2v) is 6.43. The molecule has 0 bridgehead atoms. The first-order valence-corrected chi connectivity index (χ1v) is 8.40. The Labute approximate surface area is 146 Å². The van der Waals surface area contributed by atoms with E-state index in [2.05, 4.69) is 16.3 Å². The van der Waals surface area contributed by atoms with Crippen LogP contribution in [0.25, 0.3) is 0 Å². The maximum atomic E-state index is 12.1. The lowest BCUT2D eigenvalue weighted by atomic mass is 10.1. The number of halogens is 1. The normalized spacial score (nSPS) is 17.2. The smallest absolute Gasteiger partial charge is 0.287 e. The lowest BCUT2D eigenvalue weighted by molar-refractivity contribution is 0.0912. The van der Waals surface area contributed by atoms with Gasteiger partial charge in [-0.25, -0.2) is 0 Å². The lowest BCUT2D eigenvalue weighted by Gasteiger charge is -2.19. The minimum absolute atomic E-state index is 0.182. The molecule has 2 aromatic rings. The van der Waals surface area contributed by atoms with Crippen LogP contribution >= 0.6 is 11.6 Å². The fourth-order valence-electron chi connectivity index (χ4n) is 2.95. The molecular weight excluding hydrogens is 328 g/mol. The van der Waals surface area contributed by atoms with Crippen LogP contribution in [-0.2, 0) is 11.3 Å². The molecule has 1 saturated heterocycles. The van der Waals surface area contributed by atoms with E-state index in [0.29, 0.717) is 30.6 Å². The Morgan fingerprint density at radius 2 is 2.29 bits per heavy atom. The number of rotatable bonds is 6. The van der Waals surface area contributed by atoms with Gasteiger partial charge in [0.15, 0.2) is 5.76 Å². The molecule has 1 aromatic carbocycles. The Balaban J connectivity index is 1.49.